The van der Waals surface area contributed by atoms with E-state index in [4.69, 9.17) is 6.11 Å². The van der Waals surface area contributed by atoms with Crippen molar-refractivity contribution in [3.63, 3.8) is 0 Å². The average Bonchev–Trinajstić information content (AvgIpc) is 4.23. The van der Waals surface area contributed by atoms with Crippen molar-refractivity contribution in [3.05, 3.63) is 72.6 Å². The number of benzene rings is 2. The predicted molar refractivity (Wildman–Crippen MR) is 259 cm³/mol. The van der Waals surface area contributed by atoms with Gasteiger partial charge in [0.15, 0.2) is 0 Å². The van der Waals surface area contributed by atoms with Crippen LogP contribution in [0, 0.1) is 25.7 Å². The Kier molecular flexibility index (Phi) is 17.8. The van der Waals surface area contributed by atoms with Gasteiger partial charge in [0.25, 0.3) is 0 Å². The van der Waals surface area contributed by atoms with Crippen LogP contribution in [0.1, 0.15) is 77.7 Å². The number of aryl methyl sites for hydroxylation is 2. The first kappa shape index (κ1) is 48.3. The summed E-state index contributed by atoms with van der Waals surface area (Å²) in [5.74, 6) is 2.17. The van der Waals surface area contributed by atoms with Gasteiger partial charge in [0.05, 0.1) is 18.5 Å². The number of imidazole rings is 2. The Morgan fingerprint density at radius 3 is 1.44 bits per heavy atom. The second-order valence-corrected chi connectivity index (χ2v) is 22.6. The summed E-state index contributed by atoms with van der Waals surface area (Å²) >= 11 is 9.31. The van der Waals surface area contributed by atoms with Crippen molar-refractivity contribution < 1.29 is 30.4 Å². The van der Waals surface area contributed by atoms with E-state index in [2.05, 4.69) is 57.2 Å². The second-order valence-electron chi connectivity index (χ2n) is 16.2. The molecule has 2 saturated heterocycles. The van der Waals surface area contributed by atoms with Gasteiger partial charge < -0.3 is 29.4 Å². The molecule has 0 radical (unpaired) electrons. The van der Waals surface area contributed by atoms with E-state index in [1.165, 1.54) is 15.5 Å². The Morgan fingerprint density at radius 1 is 0.714 bits per heavy atom. The normalized spacial score (nSPS) is 16.5. The van der Waals surface area contributed by atoms with Crippen LogP contribution in [-0.4, -0.2) is 130 Å². The topological polar surface area (TPSA) is 146 Å². The molecule has 14 nitrogen and oxygen atoms in total. The number of carbonyl (C=O) groups excluding carboxylic acids is 4. The molecule has 4 aliphatic rings. The predicted octanol–water partition coefficient (Wildman–Crippen LogP) is 9.22. The first-order chi connectivity index (χ1) is 30.6. The van der Waals surface area contributed by atoms with E-state index in [0.717, 1.165) is 111 Å². The molecule has 340 valence electrons. The fraction of sp³-hybridized carbons (Fsp3) is 0.511. The lowest BCUT2D eigenvalue weighted by Gasteiger charge is -2.36. The molecular weight excluding hydrogens is 999 g/mol. The van der Waals surface area contributed by atoms with Crippen molar-refractivity contribution in [2.75, 3.05) is 47.4 Å². The number of halogens is 3. The van der Waals surface area contributed by atoms with Gasteiger partial charge in [-0.05, 0) is 113 Å². The molecule has 8 rings (SSSR count). The van der Waals surface area contributed by atoms with Crippen LogP contribution in [0.25, 0.3) is 22.5 Å². The summed E-state index contributed by atoms with van der Waals surface area (Å²) in [5, 5.41) is 9.68. The molecule has 2 aromatic heterocycles. The highest BCUT2D eigenvalue weighted by Crippen LogP contribution is 2.34. The monoisotopic (exact) mass is 1060 g/mol. The fourth-order valence-corrected chi connectivity index (χ4v) is 7.81. The third-order valence-electron chi connectivity index (χ3n) is 11.9. The number of piperidine rings is 2. The minimum atomic E-state index is -0.124. The highest BCUT2D eigenvalue weighted by atomic mass is 79.9. The van der Waals surface area contributed by atoms with Gasteiger partial charge in [0.1, 0.15) is 24.2 Å². The van der Waals surface area contributed by atoms with E-state index in [-0.39, 0.29) is 50.8 Å². The number of phenolic OH excluding ortho intramolecular Hbond substituents is 1. The third kappa shape index (κ3) is 13.4. The maximum atomic E-state index is 12.9. The smallest absolute Gasteiger partial charge is 0.369 e. The lowest BCUT2D eigenvalue weighted by atomic mass is 10.0. The molecule has 4 fully saturated rings. The van der Waals surface area contributed by atoms with Gasteiger partial charge in [0, 0.05) is 89.1 Å². The number of carbonyl (C=O) groups is 4. The Bertz CT molecular complexity index is 2200. The summed E-state index contributed by atoms with van der Waals surface area (Å²) in [4.78, 5) is 66.4. The molecule has 18 heteroatoms. The van der Waals surface area contributed by atoms with Crippen molar-refractivity contribution in [3.8, 4) is 34.0 Å². The second kappa shape index (κ2) is 23.2. The van der Waals surface area contributed by atoms with E-state index < -0.39 is 0 Å². The van der Waals surface area contributed by atoms with Gasteiger partial charge in [-0.1, -0.05) is 13.8 Å². The number of aromatic hydroxyl groups is 1. The lowest BCUT2D eigenvalue weighted by molar-refractivity contribution is -0.134. The fourth-order valence-electron chi connectivity index (χ4n) is 7.81. The van der Waals surface area contributed by atoms with E-state index >= 15 is 0 Å². The summed E-state index contributed by atoms with van der Waals surface area (Å²) in [6.45, 7) is 9.02. The first-order valence-corrected chi connectivity index (χ1v) is 24.2. The molecule has 1 N–H and O–H groups in total. The highest BCUT2D eigenvalue weighted by molar-refractivity contribution is 9.69. The van der Waals surface area contributed by atoms with Crippen molar-refractivity contribution in [2.45, 2.75) is 91.1 Å². The highest BCUT2D eigenvalue weighted by Gasteiger charge is 2.37. The Hall–Kier alpha value is -4.16. The standard InChI is InChI=1S/C22H28N4O3.C21H26N4O3.C2H6.BBr3/c1-15-12-17(6-7-20(15)29-3)19-13-26(14-23-19)22(28)24(2)18-8-10-25(11-9-18)21(27)16-4-5-16;1-14-11-16(5-6-19(14)26)18-12-25(13-22-18)21(28)23(2)17-7-9-24(10-8-17)20(27)15-3-4-15;1-2;2-1(3)4/h6-7,12-14,16,18H,4-5,8-11H2,1-3H3;5-6,11-13,15,17,26H,3-4,7-10H2,1-2H3;1-2H3;/i;;1D;. The summed E-state index contributed by atoms with van der Waals surface area (Å²) in [5.41, 5.74) is 5.04. The molecule has 2 aromatic carbocycles. The van der Waals surface area contributed by atoms with Gasteiger partial charge in [-0.3, -0.25) is 18.7 Å². The maximum Gasteiger partial charge on any atom is 0.369 e. The van der Waals surface area contributed by atoms with Crippen LogP contribution in [0.5, 0.6) is 11.5 Å². The molecule has 2 aliphatic carbocycles. The average molecular weight is 1060 g/mol. The van der Waals surface area contributed by atoms with E-state index in [1.807, 2.05) is 62.0 Å². The summed E-state index contributed by atoms with van der Waals surface area (Å²) in [7, 11) is 5.30. The first-order valence-electron chi connectivity index (χ1n) is 22.1. The Labute approximate surface area is 398 Å². The van der Waals surface area contributed by atoms with Crippen LogP contribution in [-0.2, 0) is 9.59 Å². The molecule has 0 spiro atoms. The van der Waals surface area contributed by atoms with Crippen LogP contribution in [0.4, 0.5) is 9.59 Å². The van der Waals surface area contributed by atoms with Gasteiger partial charge in [-0.2, -0.15) is 0 Å². The number of hydrogen-bond donors (Lipinski definition) is 1. The Morgan fingerprint density at radius 2 is 1.10 bits per heavy atom. The number of phenols is 1. The number of methoxy groups -OCH3 is 1. The molecule has 63 heavy (non-hydrogen) atoms. The van der Waals surface area contributed by atoms with Crippen LogP contribution in [0.2, 0.25) is 0 Å². The molecule has 0 bridgehead atoms. The molecule has 0 unspecified atom stereocenters. The van der Waals surface area contributed by atoms with Gasteiger partial charge in [-0.25, -0.2) is 19.6 Å². The molecule has 4 amide bonds. The quantitative estimate of drug-likeness (QED) is 0.180. The summed E-state index contributed by atoms with van der Waals surface area (Å²) in [6, 6.07) is 11.2. The number of amides is 4. The number of nitrogens with zero attached hydrogens (tertiary/aromatic N) is 8. The largest absolute Gasteiger partial charge is 0.508 e. The number of likely N-dealkylation sites (tertiary alicyclic amines) is 2. The zero-order chi connectivity index (χ0) is 46.7. The van der Waals surface area contributed by atoms with Crippen LogP contribution < -0.4 is 4.74 Å². The lowest BCUT2D eigenvalue weighted by Crippen LogP contribution is -2.48. The molecule has 0 atom stereocenters. The summed E-state index contributed by atoms with van der Waals surface area (Å²) in [6.07, 6.45) is 14.0. The van der Waals surface area contributed by atoms with Crippen LogP contribution >= 0.6 is 47.3 Å². The van der Waals surface area contributed by atoms with Gasteiger partial charge >= 0.3 is 15.2 Å². The molecule has 4 heterocycles. The van der Waals surface area contributed by atoms with Crippen molar-refractivity contribution in [1.82, 2.24) is 38.7 Å². The van der Waals surface area contributed by atoms with Crippen molar-refractivity contribution >= 4 is 74.3 Å². The van der Waals surface area contributed by atoms with E-state index in [0.29, 0.717) is 18.5 Å². The molecule has 2 aliphatic heterocycles. The number of hydrogen-bond acceptors (Lipinski definition) is 8. The number of rotatable bonds is 7. The van der Waals surface area contributed by atoms with Crippen molar-refractivity contribution in [1.29, 1.82) is 0 Å². The zero-order valence-electron chi connectivity index (χ0n) is 38.1. The minimum absolute atomic E-state index is 0.0963. The zero-order valence-corrected chi connectivity index (χ0v) is 41.8. The van der Waals surface area contributed by atoms with Crippen molar-refractivity contribution in [2.24, 2.45) is 11.8 Å². The summed E-state index contributed by atoms with van der Waals surface area (Å²) < 4.78 is 14.8. The van der Waals surface area contributed by atoms with Crippen LogP contribution in [0.15, 0.2) is 61.4 Å². The van der Waals surface area contributed by atoms with Crippen LogP contribution in [0.3, 0.4) is 0 Å². The van der Waals surface area contributed by atoms with E-state index in [9.17, 15) is 24.3 Å². The minimum Gasteiger partial charge on any atom is -0.508 e. The van der Waals surface area contributed by atoms with E-state index in [1.54, 1.807) is 54.7 Å². The number of aromatic nitrogens is 4. The SMILES string of the molecule is BrB(Br)Br.COc1ccc(-c2cn(C(=O)N(C)C3CCN(C(=O)C4CC4)CC3)cn2)cc1C.Cc1cc(-c2cn(C(=O)N(C)C3CCN(C(=O)C4CC4)CC3)cn2)ccc1O.[2H]CC. The van der Waals surface area contributed by atoms with Gasteiger partial charge in [-0.15, -0.1) is 47.3 Å². The Balaban J connectivity index is 0.000000211. The molecule has 4 aromatic rings. The maximum absolute atomic E-state index is 12.9. The molecule has 2 saturated carbocycles. The third-order valence-corrected chi connectivity index (χ3v) is 11.9. The number of ether oxygens (including phenoxy) is 1. The molecular formula is C45H60BBr3N8O6. The van der Waals surface area contributed by atoms with Gasteiger partial charge in [0.2, 0.25) is 11.8 Å².